The zero-order valence-corrected chi connectivity index (χ0v) is 18.6. The molecule has 33 heavy (non-hydrogen) atoms. The van der Waals surface area contributed by atoms with Crippen LogP contribution in [0.1, 0.15) is 46.7 Å². The van der Waals surface area contributed by atoms with E-state index in [9.17, 15) is 13.2 Å². The molecule has 1 unspecified atom stereocenters. The minimum absolute atomic E-state index is 0.0322. The summed E-state index contributed by atoms with van der Waals surface area (Å²) >= 11 is 6.06. The van der Waals surface area contributed by atoms with E-state index >= 15 is 0 Å². The molecule has 0 fully saturated rings. The highest BCUT2D eigenvalue weighted by Crippen LogP contribution is 2.40. The molecule has 2 aliphatic rings. The monoisotopic (exact) mass is 478 g/mol. The van der Waals surface area contributed by atoms with E-state index in [4.69, 9.17) is 16.3 Å². The lowest BCUT2D eigenvalue weighted by atomic mass is 9.95. The zero-order chi connectivity index (χ0) is 23.2. The number of hydrogen-bond donors (Lipinski definition) is 1. The van der Waals surface area contributed by atoms with Crippen molar-refractivity contribution in [1.82, 2.24) is 20.2 Å². The first-order valence-electron chi connectivity index (χ1n) is 10.6. The van der Waals surface area contributed by atoms with Crippen molar-refractivity contribution in [3.05, 3.63) is 63.2 Å². The van der Waals surface area contributed by atoms with Crippen molar-refractivity contribution >= 4 is 23.2 Å². The molecule has 11 heteroatoms. The molecule has 0 amide bonds. The maximum atomic E-state index is 13.4. The van der Waals surface area contributed by atoms with E-state index in [0.717, 1.165) is 53.9 Å². The fourth-order valence-electron chi connectivity index (χ4n) is 4.49. The second-order valence-corrected chi connectivity index (χ2v) is 8.77. The standard InChI is InChI=1S/C22H22ClF3N6O/c1-31-29-21(28-30-31)32(10-13-5-16(22(24,25)26)9-17(23)6-13)20-3-2-4-27-19-8-15-12-33-11-14(15)7-18(19)20/h5-9,20,27H,2-4,10-12H2,1H3. The van der Waals surface area contributed by atoms with E-state index in [2.05, 4.69) is 32.9 Å². The Labute approximate surface area is 193 Å². The predicted octanol–water partition coefficient (Wildman–Crippen LogP) is 4.87. The van der Waals surface area contributed by atoms with Gasteiger partial charge in [0.15, 0.2) is 0 Å². The lowest BCUT2D eigenvalue weighted by molar-refractivity contribution is -0.137. The Morgan fingerprint density at radius 1 is 1.18 bits per heavy atom. The number of nitrogens with one attached hydrogen (secondary N) is 1. The molecule has 1 atom stereocenters. The van der Waals surface area contributed by atoms with E-state index in [0.29, 0.717) is 24.7 Å². The van der Waals surface area contributed by atoms with Crippen molar-refractivity contribution in [1.29, 1.82) is 0 Å². The molecule has 2 aliphatic heterocycles. The van der Waals surface area contributed by atoms with Crippen molar-refractivity contribution in [2.75, 3.05) is 16.8 Å². The van der Waals surface area contributed by atoms with Crippen LogP contribution in [0.2, 0.25) is 5.02 Å². The fourth-order valence-corrected chi connectivity index (χ4v) is 4.74. The first kappa shape index (κ1) is 22.0. The Bertz CT molecular complexity index is 1180. The quantitative estimate of drug-likeness (QED) is 0.577. The highest BCUT2D eigenvalue weighted by atomic mass is 35.5. The summed E-state index contributed by atoms with van der Waals surface area (Å²) < 4.78 is 45.8. The number of hydrogen-bond acceptors (Lipinski definition) is 6. The average molecular weight is 479 g/mol. The minimum Gasteiger partial charge on any atom is -0.385 e. The fraction of sp³-hybridized carbons (Fsp3) is 0.409. The summed E-state index contributed by atoms with van der Waals surface area (Å²) in [6.07, 6.45) is -2.85. The summed E-state index contributed by atoms with van der Waals surface area (Å²) in [5, 5.41) is 16.0. The predicted molar refractivity (Wildman–Crippen MR) is 117 cm³/mol. The highest BCUT2D eigenvalue weighted by Gasteiger charge is 2.33. The topological polar surface area (TPSA) is 68.1 Å². The SMILES string of the molecule is Cn1nnc(N(Cc2cc(Cl)cc(C(F)(F)F)c2)C2CCCNc3cc4c(cc32)COC4)n1. The van der Waals surface area contributed by atoms with Crippen LogP contribution in [0.5, 0.6) is 0 Å². The number of anilines is 2. The van der Waals surface area contributed by atoms with Gasteiger partial charge in [0.05, 0.1) is 31.9 Å². The normalized spacial score (nSPS) is 17.8. The molecular weight excluding hydrogens is 457 g/mol. The zero-order valence-electron chi connectivity index (χ0n) is 17.9. The summed E-state index contributed by atoms with van der Waals surface area (Å²) in [6, 6.07) is 7.68. The highest BCUT2D eigenvalue weighted by molar-refractivity contribution is 6.30. The average Bonchev–Trinajstić information content (AvgIpc) is 3.34. The Balaban J connectivity index is 1.58. The summed E-state index contributed by atoms with van der Waals surface area (Å²) in [7, 11) is 1.66. The van der Waals surface area contributed by atoms with Crippen molar-refractivity contribution in [3.63, 3.8) is 0 Å². The number of tetrazole rings is 1. The lowest BCUT2D eigenvalue weighted by Crippen LogP contribution is -2.30. The van der Waals surface area contributed by atoms with Gasteiger partial charge >= 0.3 is 6.18 Å². The molecule has 5 rings (SSSR count). The third-order valence-electron chi connectivity index (χ3n) is 5.98. The van der Waals surface area contributed by atoms with Crippen LogP contribution in [-0.4, -0.2) is 26.8 Å². The van der Waals surface area contributed by atoms with Gasteiger partial charge in [-0.1, -0.05) is 16.7 Å². The van der Waals surface area contributed by atoms with E-state index in [1.165, 1.54) is 4.80 Å². The van der Waals surface area contributed by atoms with Crippen LogP contribution in [0, 0.1) is 0 Å². The number of rotatable bonds is 4. The van der Waals surface area contributed by atoms with Gasteiger partial charge in [-0.05, 0) is 70.6 Å². The number of benzene rings is 2. The maximum absolute atomic E-state index is 13.4. The van der Waals surface area contributed by atoms with Crippen LogP contribution in [0.4, 0.5) is 24.8 Å². The third kappa shape index (κ3) is 4.49. The van der Waals surface area contributed by atoms with Crippen molar-refractivity contribution in [3.8, 4) is 0 Å². The second-order valence-electron chi connectivity index (χ2n) is 8.34. The van der Waals surface area contributed by atoms with Gasteiger partial charge in [-0.25, -0.2) is 0 Å². The molecule has 0 saturated carbocycles. The molecule has 0 aliphatic carbocycles. The van der Waals surface area contributed by atoms with Crippen LogP contribution in [0.25, 0.3) is 0 Å². The molecular formula is C22H22ClF3N6O. The molecule has 3 aromatic rings. The maximum Gasteiger partial charge on any atom is 0.416 e. The number of ether oxygens (including phenoxy) is 1. The first-order chi connectivity index (χ1) is 15.8. The van der Waals surface area contributed by atoms with E-state index < -0.39 is 11.7 Å². The minimum atomic E-state index is -4.49. The Hall–Kier alpha value is -2.85. The number of nitrogens with zero attached hydrogens (tertiary/aromatic N) is 5. The summed E-state index contributed by atoms with van der Waals surface area (Å²) in [6.45, 7) is 2.06. The molecule has 1 N–H and O–H groups in total. The molecule has 174 valence electrons. The summed E-state index contributed by atoms with van der Waals surface area (Å²) in [5.41, 5.74) is 3.95. The molecule has 0 saturated heterocycles. The van der Waals surface area contributed by atoms with E-state index in [1.807, 2.05) is 4.90 Å². The van der Waals surface area contributed by atoms with Crippen LogP contribution in [0.15, 0.2) is 30.3 Å². The number of fused-ring (bicyclic) bond motifs is 2. The smallest absolute Gasteiger partial charge is 0.385 e. The number of aryl methyl sites for hydroxylation is 1. The van der Waals surface area contributed by atoms with Gasteiger partial charge in [0.1, 0.15) is 0 Å². The van der Waals surface area contributed by atoms with Crippen molar-refractivity contribution < 1.29 is 17.9 Å². The van der Waals surface area contributed by atoms with Crippen LogP contribution >= 0.6 is 11.6 Å². The van der Waals surface area contributed by atoms with Crippen LogP contribution in [-0.2, 0) is 37.7 Å². The number of alkyl halides is 3. The van der Waals surface area contributed by atoms with Gasteiger partial charge < -0.3 is 15.0 Å². The molecule has 0 radical (unpaired) electrons. The molecule has 1 aromatic heterocycles. The van der Waals surface area contributed by atoms with Gasteiger partial charge in [-0.3, -0.25) is 0 Å². The Morgan fingerprint density at radius 3 is 2.70 bits per heavy atom. The summed E-state index contributed by atoms with van der Waals surface area (Å²) in [4.78, 5) is 3.25. The first-order valence-corrected chi connectivity index (χ1v) is 11.0. The van der Waals surface area contributed by atoms with E-state index in [-0.39, 0.29) is 17.6 Å². The van der Waals surface area contributed by atoms with Crippen LogP contribution < -0.4 is 10.2 Å². The van der Waals surface area contributed by atoms with Gasteiger partial charge in [0.2, 0.25) is 0 Å². The Morgan fingerprint density at radius 2 is 1.97 bits per heavy atom. The van der Waals surface area contributed by atoms with Gasteiger partial charge in [0, 0.05) is 23.8 Å². The van der Waals surface area contributed by atoms with Crippen molar-refractivity contribution in [2.45, 2.75) is 44.8 Å². The molecule has 0 spiro atoms. The summed E-state index contributed by atoms with van der Waals surface area (Å²) in [5.74, 6) is 0.348. The largest absolute Gasteiger partial charge is 0.416 e. The third-order valence-corrected chi connectivity index (χ3v) is 6.20. The van der Waals surface area contributed by atoms with Gasteiger partial charge in [-0.15, -0.1) is 5.10 Å². The molecule has 0 bridgehead atoms. The van der Waals surface area contributed by atoms with Gasteiger partial charge in [-0.2, -0.15) is 18.0 Å². The van der Waals surface area contributed by atoms with Crippen molar-refractivity contribution in [2.24, 2.45) is 7.05 Å². The molecule has 2 aromatic carbocycles. The second kappa shape index (κ2) is 8.49. The van der Waals surface area contributed by atoms with Crippen LogP contribution in [0.3, 0.4) is 0 Å². The Kier molecular flexibility index (Phi) is 5.65. The number of aromatic nitrogens is 4. The lowest BCUT2D eigenvalue weighted by Gasteiger charge is -2.31. The van der Waals surface area contributed by atoms with E-state index in [1.54, 1.807) is 13.1 Å². The molecule has 7 nitrogen and oxygen atoms in total. The molecule has 3 heterocycles. The number of halogens is 4. The van der Waals surface area contributed by atoms with Gasteiger partial charge in [0.25, 0.3) is 5.95 Å².